The SMILES string of the molecule is O=C(Cn1c(=O)sc2ccccc21)Nc1nnc(SCC(=O)c2ccccc2)s1. The van der Waals surface area contributed by atoms with Crippen LogP contribution in [0.2, 0.25) is 0 Å². The van der Waals surface area contributed by atoms with Crippen molar-refractivity contribution < 1.29 is 9.59 Å². The van der Waals surface area contributed by atoms with Gasteiger partial charge in [0.25, 0.3) is 0 Å². The van der Waals surface area contributed by atoms with Crippen LogP contribution in [-0.2, 0) is 11.3 Å². The van der Waals surface area contributed by atoms with E-state index in [9.17, 15) is 14.4 Å². The van der Waals surface area contributed by atoms with Crippen LogP contribution in [0.3, 0.4) is 0 Å². The molecule has 7 nitrogen and oxygen atoms in total. The van der Waals surface area contributed by atoms with Crippen LogP contribution in [0.5, 0.6) is 0 Å². The van der Waals surface area contributed by atoms with Crippen molar-refractivity contribution in [2.45, 2.75) is 10.9 Å². The number of amides is 1. The van der Waals surface area contributed by atoms with Gasteiger partial charge in [-0.2, -0.15) is 0 Å². The van der Waals surface area contributed by atoms with Gasteiger partial charge in [0.2, 0.25) is 11.0 Å². The zero-order valence-corrected chi connectivity index (χ0v) is 17.4. The van der Waals surface area contributed by atoms with E-state index >= 15 is 0 Å². The minimum absolute atomic E-state index is 0.0000895. The number of Topliss-reactive ketones (excluding diaryl/α,β-unsaturated/α-hetero) is 1. The molecule has 4 aromatic rings. The van der Waals surface area contributed by atoms with Crippen LogP contribution in [0.25, 0.3) is 10.2 Å². The second-order valence-electron chi connectivity index (χ2n) is 5.92. The summed E-state index contributed by atoms with van der Waals surface area (Å²) in [6, 6.07) is 16.4. The monoisotopic (exact) mass is 442 g/mol. The number of nitrogens with one attached hydrogen (secondary N) is 1. The number of thiazole rings is 1. The number of nitrogens with zero attached hydrogens (tertiary/aromatic N) is 3. The van der Waals surface area contributed by atoms with Gasteiger partial charge in [0.15, 0.2) is 10.1 Å². The fourth-order valence-electron chi connectivity index (χ4n) is 2.62. The smallest absolute Gasteiger partial charge is 0.299 e. The molecule has 1 amide bonds. The third-order valence-corrected chi connectivity index (χ3v) is 6.88. The number of ketones is 1. The number of hydrogen-bond donors (Lipinski definition) is 1. The first-order valence-corrected chi connectivity index (χ1v) is 11.1. The molecule has 0 radical (unpaired) electrons. The molecule has 2 aromatic carbocycles. The molecule has 2 aromatic heterocycles. The first-order chi connectivity index (χ1) is 14.1. The van der Waals surface area contributed by atoms with Gasteiger partial charge in [-0.3, -0.25) is 24.3 Å². The summed E-state index contributed by atoms with van der Waals surface area (Å²) < 4.78 is 2.86. The van der Waals surface area contributed by atoms with E-state index in [1.807, 2.05) is 42.5 Å². The van der Waals surface area contributed by atoms with Crippen molar-refractivity contribution >= 4 is 61.5 Å². The maximum absolute atomic E-state index is 12.3. The Balaban J connectivity index is 1.36. The topological polar surface area (TPSA) is 93.9 Å². The molecule has 0 saturated heterocycles. The number of carbonyl (C=O) groups is 2. The third-order valence-electron chi connectivity index (χ3n) is 3.95. The van der Waals surface area contributed by atoms with Gasteiger partial charge in [-0.15, -0.1) is 10.2 Å². The first kappa shape index (κ1) is 19.5. The summed E-state index contributed by atoms with van der Waals surface area (Å²) in [5.74, 6) is -0.119. The van der Waals surface area contributed by atoms with Crippen molar-refractivity contribution in [3.05, 3.63) is 69.8 Å². The number of rotatable bonds is 7. The molecule has 0 fully saturated rings. The summed E-state index contributed by atoms with van der Waals surface area (Å²) in [7, 11) is 0. The molecule has 1 N–H and O–H groups in total. The summed E-state index contributed by atoms with van der Waals surface area (Å²) >= 11 is 3.57. The second kappa shape index (κ2) is 8.68. The van der Waals surface area contributed by atoms with Crippen LogP contribution in [0.15, 0.2) is 63.7 Å². The number of hydrogen-bond acceptors (Lipinski definition) is 8. The highest BCUT2D eigenvalue weighted by Crippen LogP contribution is 2.26. The fraction of sp³-hybridized carbons (Fsp3) is 0.105. The molecule has 29 heavy (non-hydrogen) atoms. The van der Waals surface area contributed by atoms with Gasteiger partial charge in [0, 0.05) is 5.56 Å². The average Bonchev–Trinajstić information content (AvgIpc) is 3.31. The number of anilines is 1. The van der Waals surface area contributed by atoms with Crippen molar-refractivity contribution in [2.24, 2.45) is 0 Å². The Hall–Kier alpha value is -2.82. The standard InChI is InChI=1S/C19H14N4O3S3/c24-14(12-6-2-1-3-7-12)11-27-18-22-21-17(29-18)20-16(25)10-23-13-8-4-5-9-15(13)28-19(23)26/h1-9H,10-11H2,(H,20,21,25). The van der Waals surface area contributed by atoms with Gasteiger partial charge in [0.05, 0.1) is 16.0 Å². The number of benzene rings is 2. The largest absolute Gasteiger partial charge is 0.308 e. The van der Waals surface area contributed by atoms with E-state index in [0.29, 0.717) is 15.0 Å². The van der Waals surface area contributed by atoms with E-state index < -0.39 is 0 Å². The van der Waals surface area contributed by atoms with Crippen molar-refractivity contribution in [3.8, 4) is 0 Å². The molecule has 0 spiro atoms. The molecule has 0 aliphatic rings. The third kappa shape index (κ3) is 4.61. The first-order valence-electron chi connectivity index (χ1n) is 8.53. The Morgan fingerprint density at radius 1 is 1.00 bits per heavy atom. The minimum atomic E-state index is -0.358. The van der Waals surface area contributed by atoms with Gasteiger partial charge >= 0.3 is 4.87 Å². The number of para-hydroxylation sites is 1. The van der Waals surface area contributed by atoms with Crippen molar-refractivity contribution in [1.29, 1.82) is 0 Å². The van der Waals surface area contributed by atoms with Gasteiger partial charge < -0.3 is 0 Å². The van der Waals surface area contributed by atoms with Crippen LogP contribution >= 0.6 is 34.4 Å². The molecule has 2 heterocycles. The molecule has 0 aliphatic carbocycles. The maximum Gasteiger partial charge on any atom is 0.308 e. The number of aromatic nitrogens is 3. The molecule has 10 heteroatoms. The lowest BCUT2D eigenvalue weighted by atomic mass is 10.2. The second-order valence-corrected chi connectivity index (χ2v) is 9.11. The van der Waals surface area contributed by atoms with Crippen molar-refractivity contribution in [2.75, 3.05) is 11.1 Å². The highest BCUT2D eigenvalue weighted by atomic mass is 32.2. The number of fused-ring (bicyclic) bond motifs is 1. The summed E-state index contributed by atoms with van der Waals surface area (Å²) in [6.45, 7) is -0.0998. The number of carbonyl (C=O) groups excluding carboxylic acids is 2. The van der Waals surface area contributed by atoms with E-state index in [1.165, 1.54) is 27.7 Å². The van der Waals surface area contributed by atoms with Crippen molar-refractivity contribution in [3.63, 3.8) is 0 Å². The molecule has 146 valence electrons. The van der Waals surface area contributed by atoms with Gasteiger partial charge in [-0.1, -0.05) is 76.9 Å². The van der Waals surface area contributed by atoms with E-state index in [0.717, 1.165) is 21.6 Å². The van der Waals surface area contributed by atoms with E-state index in [-0.39, 0.29) is 28.9 Å². The summed E-state index contributed by atoms with van der Waals surface area (Å²) in [4.78, 5) is 36.5. The van der Waals surface area contributed by atoms with Crippen LogP contribution in [0.1, 0.15) is 10.4 Å². The lowest BCUT2D eigenvalue weighted by Gasteiger charge is -2.03. The summed E-state index contributed by atoms with van der Waals surface area (Å²) in [6.07, 6.45) is 0. The van der Waals surface area contributed by atoms with Crippen LogP contribution in [-0.4, -0.2) is 32.2 Å². The van der Waals surface area contributed by atoms with Crippen LogP contribution in [0.4, 0.5) is 5.13 Å². The van der Waals surface area contributed by atoms with Gasteiger partial charge in [-0.25, -0.2) is 0 Å². The summed E-state index contributed by atoms with van der Waals surface area (Å²) in [5.41, 5.74) is 1.37. The maximum atomic E-state index is 12.3. The minimum Gasteiger partial charge on any atom is -0.299 e. The highest BCUT2D eigenvalue weighted by Gasteiger charge is 2.14. The zero-order chi connectivity index (χ0) is 20.2. The predicted molar refractivity (Wildman–Crippen MR) is 116 cm³/mol. The Labute approximate surface area is 177 Å². The molecule has 0 aliphatic heterocycles. The van der Waals surface area contributed by atoms with Gasteiger partial charge in [0.1, 0.15) is 6.54 Å². The predicted octanol–water partition coefficient (Wildman–Crippen LogP) is 3.53. The normalized spacial score (nSPS) is 10.9. The number of thioether (sulfide) groups is 1. The molecule has 0 unspecified atom stereocenters. The molecule has 0 bridgehead atoms. The van der Waals surface area contributed by atoms with E-state index in [4.69, 9.17) is 0 Å². The highest BCUT2D eigenvalue weighted by molar-refractivity contribution is 8.01. The zero-order valence-electron chi connectivity index (χ0n) is 14.9. The Bertz CT molecular complexity index is 1230. The van der Waals surface area contributed by atoms with Crippen LogP contribution < -0.4 is 10.2 Å². The lowest BCUT2D eigenvalue weighted by Crippen LogP contribution is -2.24. The molecular weight excluding hydrogens is 428 g/mol. The lowest BCUT2D eigenvalue weighted by molar-refractivity contribution is -0.116. The molecule has 4 rings (SSSR count). The van der Waals surface area contributed by atoms with Gasteiger partial charge in [-0.05, 0) is 12.1 Å². The fourth-order valence-corrected chi connectivity index (χ4v) is 5.17. The average molecular weight is 443 g/mol. The molecular formula is C19H14N4O3S3. The summed E-state index contributed by atoms with van der Waals surface area (Å²) in [5, 5.41) is 10.9. The van der Waals surface area contributed by atoms with Crippen molar-refractivity contribution in [1.82, 2.24) is 14.8 Å². The van der Waals surface area contributed by atoms with E-state index in [2.05, 4.69) is 15.5 Å². The van der Waals surface area contributed by atoms with Crippen LogP contribution in [0, 0.1) is 0 Å². The quantitative estimate of drug-likeness (QED) is 0.267. The molecule has 0 saturated carbocycles. The Morgan fingerprint density at radius 3 is 2.59 bits per heavy atom. The molecule has 0 atom stereocenters. The van der Waals surface area contributed by atoms with E-state index in [1.54, 1.807) is 12.1 Å². The Morgan fingerprint density at radius 2 is 1.76 bits per heavy atom. The Kier molecular flexibility index (Phi) is 5.84.